The molecule has 1 fully saturated rings. The predicted octanol–water partition coefficient (Wildman–Crippen LogP) is 1.66. The molecule has 102 valence electrons. The van der Waals surface area contributed by atoms with Gasteiger partial charge in [0.2, 0.25) is 0 Å². The zero-order chi connectivity index (χ0) is 12.8. The van der Waals surface area contributed by atoms with Crippen molar-refractivity contribution in [3.05, 3.63) is 18.2 Å². The van der Waals surface area contributed by atoms with Crippen molar-refractivity contribution in [3.8, 4) is 0 Å². The summed E-state index contributed by atoms with van der Waals surface area (Å²) in [5, 5.41) is 3.67. The average molecular weight is 250 g/mol. The number of piperidine rings is 1. The van der Waals surface area contributed by atoms with Gasteiger partial charge in [-0.25, -0.2) is 4.98 Å². The van der Waals surface area contributed by atoms with Crippen LogP contribution < -0.4 is 5.32 Å². The molecule has 2 N–H and O–H groups in total. The highest BCUT2D eigenvalue weighted by Crippen LogP contribution is 2.18. The lowest BCUT2D eigenvalue weighted by molar-refractivity contribution is 0.179. The second kappa shape index (κ2) is 6.90. The Balaban J connectivity index is 1.60. The first kappa shape index (κ1) is 13.6. The molecule has 1 aromatic rings. The van der Waals surface area contributed by atoms with E-state index in [-0.39, 0.29) is 0 Å². The zero-order valence-corrected chi connectivity index (χ0v) is 11.7. The number of rotatable bonds is 6. The third-order valence-electron chi connectivity index (χ3n) is 3.98. The SMILES string of the molecule is CC(NCCCc1ncc[nH]1)C1CCCN(C)C1. The number of aromatic nitrogens is 2. The number of nitrogens with zero attached hydrogens (tertiary/aromatic N) is 2. The Labute approximate surface area is 110 Å². The van der Waals surface area contributed by atoms with E-state index in [1.807, 2.05) is 12.4 Å². The van der Waals surface area contributed by atoms with Crippen molar-refractivity contribution in [2.24, 2.45) is 5.92 Å². The summed E-state index contributed by atoms with van der Waals surface area (Å²) in [5.74, 6) is 1.91. The van der Waals surface area contributed by atoms with E-state index in [1.54, 1.807) is 0 Å². The Bertz CT molecular complexity index is 323. The molecule has 2 rings (SSSR count). The Morgan fingerprint density at radius 2 is 2.50 bits per heavy atom. The van der Waals surface area contributed by atoms with Gasteiger partial charge in [0, 0.05) is 31.4 Å². The second-order valence-electron chi connectivity index (χ2n) is 5.55. The molecule has 4 heteroatoms. The lowest BCUT2D eigenvalue weighted by atomic mass is 9.92. The lowest BCUT2D eigenvalue weighted by Gasteiger charge is -2.34. The summed E-state index contributed by atoms with van der Waals surface area (Å²) in [6, 6.07) is 0.629. The number of H-pyrrole nitrogens is 1. The molecule has 1 aliphatic heterocycles. The Hall–Kier alpha value is -0.870. The van der Waals surface area contributed by atoms with Crippen molar-refractivity contribution < 1.29 is 0 Å². The number of aromatic amines is 1. The van der Waals surface area contributed by atoms with Crippen molar-refractivity contribution in [2.75, 3.05) is 26.7 Å². The largest absolute Gasteiger partial charge is 0.349 e. The molecule has 2 atom stereocenters. The quantitative estimate of drug-likeness (QED) is 0.755. The van der Waals surface area contributed by atoms with E-state index >= 15 is 0 Å². The van der Waals surface area contributed by atoms with E-state index in [0.717, 1.165) is 31.1 Å². The third-order valence-corrected chi connectivity index (χ3v) is 3.98. The Morgan fingerprint density at radius 1 is 1.61 bits per heavy atom. The number of likely N-dealkylation sites (tertiary alicyclic amines) is 1. The molecule has 2 heterocycles. The molecular weight excluding hydrogens is 224 g/mol. The summed E-state index contributed by atoms with van der Waals surface area (Å²) in [5.41, 5.74) is 0. The van der Waals surface area contributed by atoms with Gasteiger partial charge in [0.05, 0.1) is 0 Å². The topological polar surface area (TPSA) is 44.0 Å². The van der Waals surface area contributed by atoms with Gasteiger partial charge in [0.1, 0.15) is 5.82 Å². The molecule has 0 saturated carbocycles. The Kier molecular flexibility index (Phi) is 5.20. The normalized spacial score (nSPS) is 23.1. The van der Waals surface area contributed by atoms with E-state index in [4.69, 9.17) is 0 Å². The highest BCUT2D eigenvalue weighted by atomic mass is 15.1. The minimum Gasteiger partial charge on any atom is -0.349 e. The molecule has 4 nitrogen and oxygen atoms in total. The van der Waals surface area contributed by atoms with Gasteiger partial charge in [-0.2, -0.15) is 0 Å². The molecule has 2 unspecified atom stereocenters. The third kappa shape index (κ3) is 4.10. The molecule has 0 aromatic carbocycles. The van der Waals surface area contributed by atoms with E-state index in [1.165, 1.54) is 25.9 Å². The van der Waals surface area contributed by atoms with Gasteiger partial charge in [-0.15, -0.1) is 0 Å². The van der Waals surface area contributed by atoms with Crippen LogP contribution in [0, 0.1) is 5.92 Å². The summed E-state index contributed by atoms with van der Waals surface area (Å²) in [4.78, 5) is 9.85. The summed E-state index contributed by atoms with van der Waals surface area (Å²) in [6.45, 7) is 5.92. The van der Waals surface area contributed by atoms with E-state index in [2.05, 4.69) is 34.2 Å². The van der Waals surface area contributed by atoms with Crippen molar-refractivity contribution >= 4 is 0 Å². The minimum atomic E-state index is 0.629. The van der Waals surface area contributed by atoms with Crippen LogP contribution in [-0.4, -0.2) is 47.6 Å². The fourth-order valence-electron chi connectivity index (χ4n) is 2.80. The van der Waals surface area contributed by atoms with Gasteiger partial charge in [-0.1, -0.05) is 0 Å². The van der Waals surface area contributed by atoms with Crippen molar-refractivity contribution in [1.82, 2.24) is 20.2 Å². The maximum absolute atomic E-state index is 4.24. The van der Waals surface area contributed by atoms with Crippen LogP contribution in [0.25, 0.3) is 0 Å². The summed E-state index contributed by atoms with van der Waals surface area (Å²) in [6.07, 6.45) is 8.63. The zero-order valence-electron chi connectivity index (χ0n) is 11.7. The molecule has 1 saturated heterocycles. The average Bonchev–Trinajstić information content (AvgIpc) is 2.87. The van der Waals surface area contributed by atoms with Crippen LogP contribution in [0.1, 0.15) is 32.0 Å². The van der Waals surface area contributed by atoms with Gasteiger partial charge in [0.25, 0.3) is 0 Å². The molecule has 0 aliphatic carbocycles. The van der Waals surface area contributed by atoms with Crippen molar-refractivity contribution in [1.29, 1.82) is 0 Å². The number of imidazole rings is 1. The molecule has 0 amide bonds. The number of hydrogen-bond donors (Lipinski definition) is 2. The molecule has 1 aromatic heterocycles. The summed E-state index contributed by atoms with van der Waals surface area (Å²) >= 11 is 0. The highest BCUT2D eigenvalue weighted by Gasteiger charge is 2.21. The second-order valence-corrected chi connectivity index (χ2v) is 5.55. The standard InChI is InChI=1S/C14H26N4/c1-12(13-5-4-10-18(2)11-13)15-7-3-6-14-16-8-9-17-14/h8-9,12-13,15H,3-7,10-11H2,1-2H3,(H,16,17). The van der Waals surface area contributed by atoms with E-state index < -0.39 is 0 Å². The number of hydrogen-bond acceptors (Lipinski definition) is 3. The first-order valence-electron chi connectivity index (χ1n) is 7.16. The first-order chi connectivity index (χ1) is 8.75. The monoisotopic (exact) mass is 250 g/mol. The summed E-state index contributed by atoms with van der Waals surface area (Å²) < 4.78 is 0. The highest BCUT2D eigenvalue weighted by molar-refractivity contribution is 4.87. The van der Waals surface area contributed by atoms with E-state index in [0.29, 0.717) is 6.04 Å². The minimum absolute atomic E-state index is 0.629. The van der Waals surface area contributed by atoms with Crippen molar-refractivity contribution in [2.45, 2.75) is 38.6 Å². The number of nitrogens with one attached hydrogen (secondary N) is 2. The fourth-order valence-corrected chi connectivity index (χ4v) is 2.80. The van der Waals surface area contributed by atoms with Crippen LogP contribution in [-0.2, 0) is 6.42 Å². The van der Waals surface area contributed by atoms with Crippen molar-refractivity contribution in [3.63, 3.8) is 0 Å². The van der Waals surface area contributed by atoms with Gasteiger partial charge in [0.15, 0.2) is 0 Å². The van der Waals surface area contributed by atoms with Crippen LogP contribution in [0.2, 0.25) is 0 Å². The predicted molar refractivity (Wildman–Crippen MR) is 74.6 cm³/mol. The van der Waals surface area contributed by atoms with Crippen LogP contribution in [0.3, 0.4) is 0 Å². The van der Waals surface area contributed by atoms with E-state index in [9.17, 15) is 0 Å². The van der Waals surface area contributed by atoms with Crippen LogP contribution in [0.15, 0.2) is 12.4 Å². The molecule has 0 radical (unpaired) electrons. The summed E-state index contributed by atoms with van der Waals surface area (Å²) in [7, 11) is 2.23. The fraction of sp³-hybridized carbons (Fsp3) is 0.786. The molecular formula is C14H26N4. The van der Waals surface area contributed by atoms with Gasteiger partial charge in [-0.3, -0.25) is 0 Å². The smallest absolute Gasteiger partial charge is 0.106 e. The van der Waals surface area contributed by atoms with Crippen LogP contribution in [0.4, 0.5) is 0 Å². The van der Waals surface area contributed by atoms with Crippen LogP contribution >= 0.6 is 0 Å². The molecule has 18 heavy (non-hydrogen) atoms. The van der Waals surface area contributed by atoms with Gasteiger partial charge in [-0.05, 0) is 52.2 Å². The lowest BCUT2D eigenvalue weighted by Crippen LogP contribution is -2.43. The van der Waals surface area contributed by atoms with Gasteiger partial charge < -0.3 is 15.2 Å². The molecule has 1 aliphatic rings. The van der Waals surface area contributed by atoms with Crippen LogP contribution in [0.5, 0.6) is 0 Å². The maximum atomic E-state index is 4.24. The molecule has 0 bridgehead atoms. The maximum Gasteiger partial charge on any atom is 0.106 e. The molecule has 0 spiro atoms. The van der Waals surface area contributed by atoms with Gasteiger partial charge >= 0.3 is 0 Å². The number of aryl methyl sites for hydroxylation is 1. The Morgan fingerprint density at radius 3 is 3.22 bits per heavy atom. The first-order valence-corrected chi connectivity index (χ1v) is 7.16.